The Morgan fingerprint density at radius 3 is 0.941 bits per heavy atom. The van der Waals surface area contributed by atoms with Crippen molar-refractivity contribution < 1.29 is 36.4 Å². The third kappa shape index (κ3) is 31.3. The average Bonchev–Trinajstić information content (AvgIpc) is 3.00. The van der Waals surface area contributed by atoms with Crippen LogP contribution in [0.5, 0.6) is 0 Å². The zero-order chi connectivity index (χ0) is 12.5. The number of aliphatic hydroxyl groups excluding tert-OH is 2. The normalized spacial score (nSPS) is 6.82. The van der Waals surface area contributed by atoms with E-state index >= 15 is 0 Å². The van der Waals surface area contributed by atoms with E-state index in [2.05, 4.69) is 0 Å². The minimum Gasteiger partial charge on any atom is -0.397 e. The number of rotatable bonds is 0. The molecule has 0 aliphatic carbocycles. The molecule has 0 amide bonds. The molecule has 2 nitrogen and oxygen atoms in total. The van der Waals surface area contributed by atoms with E-state index in [1.807, 2.05) is 60.7 Å². The minimum absolute atomic E-state index is 0. The summed E-state index contributed by atoms with van der Waals surface area (Å²) < 4.78 is 0. The summed E-state index contributed by atoms with van der Waals surface area (Å²) in [4.78, 5) is 0. The molecule has 2 N–H and O–H groups in total. The Hall–Kier alpha value is -0.497. The van der Waals surface area contributed by atoms with Gasteiger partial charge in [0.05, 0.1) is 0 Å². The first-order chi connectivity index (χ1) is 7.83. The van der Waals surface area contributed by atoms with Crippen LogP contribution >= 0.6 is 0 Å². The first-order valence-corrected chi connectivity index (χ1v) is 5.38. The standard InChI is InChI=1S/2C5H5.2C2H6O.Zr/c2*1-2-4-5-3-1;2*1-2-3;/h2*1-5H;2*3H,2H2,1H3;/q2*-1;;;+2. The number of hydrogen-bond acceptors (Lipinski definition) is 2. The van der Waals surface area contributed by atoms with E-state index in [0.717, 1.165) is 0 Å². The van der Waals surface area contributed by atoms with Gasteiger partial charge >= 0.3 is 26.2 Å². The second-order valence-corrected chi connectivity index (χ2v) is 2.56. The summed E-state index contributed by atoms with van der Waals surface area (Å²) >= 11 is 0. The van der Waals surface area contributed by atoms with E-state index in [1.165, 1.54) is 0 Å². The van der Waals surface area contributed by atoms with Gasteiger partial charge in [-0.05, 0) is 13.8 Å². The smallest absolute Gasteiger partial charge is 0.397 e. The molecule has 2 aromatic rings. The van der Waals surface area contributed by atoms with Crippen molar-refractivity contribution in [2.75, 3.05) is 13.2 Å². The SMILES string of the molecule is CCO.CCO.[Zr+2].c1cc[cH-]c1.c1cc[cH-]c1. The van der Waals surface area contributed by atoms with E-state index in [-0.39, 0.29) is 39.4 Å². The van der Waals surface area contributed by atoms with E-state index in [1.54, 1.807) is 13.8 Å². The maximum absolute atomic E-state index is 7.57. The van der Waals surface area contributed by atoms with E-state index in [0.29, 0.717) is 0 Å². The Kier molecular flexibility index (Phi) is 31.5. The largest absolute Gasteiger partial charge is 2.00 e. The van der Waals surface area contributed by atoms with Gasteiger partial charge in [-0.2, -0.15) is 36.4 Å². The monoisotopic (exact) mass is 312 g/mol. The van der Waals surface area contributed by atoms with Crippen LogP contribution in [0.25, 0.3) is 0 Å². The van der Waals surface area contributed by atoms with Gasteiger partial charge in [-0.25, -0.2) is 24.3 Å². The molecule has 17 heavy (non-hydrogen) atoms. The van der Waals surface area contributed by atoms with Crippen LogP contribution in [0.2, 0.25) is 0 Å². The van der Waals surface area contributed by atoms with Gasteiger partial charge in [-0.1, -0.05) is 0 Å². The van der Waals surface area contributed by atoms with Crippen molar-refractivity contribution in [3.63, 3.8) is 0 Å². The van der Waals surface area contributed by atoms with Gasteiger partial charge in [0, 0.05) is 13.2 Å². The van der Waals surface area contributed by atoms with Crippen molar-refractivity contribution in [1.82, 2.24) is 0 Å². The van der Waals surface area contributed by atoms with E-state index in [9.17, 15) is 0 Å². The van der Waals surface area contributed by atoms with Crippen LogP contribution in [0.4, 0.5) is 0 Å². The molecule has 0 saturated carbocycles. The van der Waals surface area contributed by atoms with Gasteiger partial charge in [0.25, 0.3) is 0 Å². The van der Waals surface area contributed by atoms with Crippen LogP contribution < -0.4 is 0 Å². The second-order valence-electron chi connectivity index (χ2n) is 2.56. The van der Waals surface area contributed by atoms with Crippen molar-refractivity contribution in [2.24, 2.45) is 0 Å². The van der Waals surface area contributed by atoms with Crippen LogP contribution in [0.15, 0.2) is 60.7 Å². The van der Waals surface area contributed by atoms with Gasteiger partial charge in [-0.15, -0.1) is 0 Å². The second kappa shape index (κ2) is 24.6. The van der Waals surface area contributed by atoms with Crippen molar-refractivity contribution >= 4 is 0 Å². The van der Waals surface area contributed by atoms with Crippen LogP contribution in [-0.4, -0.2) is 23.4 Å². The Balaban J connectivity index is -0.000000157. The molecule has 0 aliphatic rings. The van der Waals surface area contributed by atoms with Crippen molar-refractivity contribution in [3.8, 4) is 0 Å². The predicted octanol–water partition coefficient (Wildman–Crippen LogP) is 2.81. The molecule has 0 atom stereocenters. The number of hydrogen-bond donors (Lipinski definition) is 2. The maximum Gasteiger partial charge on any atom is 2.00 e. The molecule has 2 aromatic carbocycles. The molecule has 0 aliphatic heterocycles. The molecule has 0 unspecified atom stereocenters. The fourth-order valence-corrected chi connectivity index (χ4v) is 0.642. The van der Waals surface area contributed by atoms with Gasteiger partial charge in [0.2, 0.25) is 0 Å². The van der Waals surface area contributed by atoms with Crippen LogP contribution in [0, 0.1) is 0 Å². The Bertz CT molecular complexity index is 176. The summed E-state index contributed by atoms with van der Waals surface area (Å²) in [7, 11) is 0. The summed E-state index contributed by atoms with van der Waals surface area (Å²) in [5, 5.41) is 15.1. The van der Waals surface area contributed by atoms with Crippen LogP contribution in [-0.2, 0) is 26.2 Å². The van der Waals surface area contributed by atoms with Gasteiger partial charge < -0.3 is 10.2 Å². The van der Waals surface area contributed by atoms with Crippen LogP contribution in [0.3, 0.4) is 0 Å². The first-order valence-electron chi connectivity index (χ1n) is 5.38. The molecule has 0 fully saturated rings. The van der Waals surface area contributed by atoms with Gasteiger partial charge in [0.15, 0.2) is 0 Å². The molecule has 3 heteroatoms. The summed E-state index contributed by atoms with van der Waals surface area (Å²) in [5.41, 5.74) is 0. The van der Waals surface area contributed by atoms with Crippen LogP contribution in [0.1, 0.15) is 13.8 Å². The quantitative estimate of drug-likeness (QED) is 0.734. The number of aliphatic hydroxyl groups is 2. The summed E-state index contributed by atoms with van der Waals surface area (Å²) in [5.74, 6) is 0. The third-order valence-corrected chi connectivity index (χ3v) is 1.11. The topological polar surface area (TPSA) is 40.5 Å². The molecule has 0 saturated heterocycles. The summed E-state index contributed by atoms with van der Waals surface area (Å²) in [6, 6.07) is 20.0. The van der Waals surface area contributed by atoms with Crippen molar-refractivity contribution in [2.45, 2.75) is 13.8 Å². The summed E-state index contributed by atoms with van der Waals surface area (Å²) in [6.45, 7) is 3.86. The molecular weight excluding hydrogens is 291 g/mol. The molecular formula is C14H22O2Zr. The van der Waals surface area contributed by atoms with E-state index < -0.39 is 0 Å². The fraction of sp³-hybridized carbons (Fsp3) is 0.286. The van der Waals surface area contributed by atoms with Gasteiger partial charge in [-0.3, -0.25) is 0 Å². The Morgan fingerprint density at radius 1 is 0.706 bits per heavy atom. The molecule has 2 rings (SSSR count). The Labute approximate surface area is 124 Å². The Morgan fingerprint density at radius 2 is 0.882 bits per heavy atom. The average molecular weight is 314 g/mol. The molecule has 0 bridgehead atoms. The maximum atomic E-state index is 7.57. The van der Waals surface area contributed by atoms with Crippen molar-refractivity contribution in [3.05, 3.63) is 60.7 Å². The zero-order valence-electron chi connectivity index (χ0n) is 10.6. The first kappa shape index (κ1) is 21.8. The molecule has 0 aromatic heterocycles. The van der Waals surface area contributed by atoms with Gasteiger partial charge in [0.1, 0.15) is 0 Å². The fourth-order valence-electron chi connectivity index (χ4n) is 0.642. The zero-order valence-corrected chi connectivity index (χ0v) is 13.0. The summed E-state index contributed by atoms with van der Waals surface area (Å²) in [6.07, 6.45) is 0. The molecule has 94 valence electrons. The van der Waals surface area contributed by atoms with E-state index in [4.69, 9.17) is 10.2 Å². The molecule has 0 radical (unpaired) electrons. The molecule has 0 heterocycles. The minimum atomic E-state index is 0. The van der Waals surface area contributed by atoms with Crippen molar-refractivity contribution in [1.29, 1.82) is 0 Å². The third-order valence-electron chi connectivity index (χ3n) is 1.11. The molecule has 0 spiro atoms. The predicted molar refractivity (Wildman–Crippen MR) is 69.6 cm³/mol.